The average Bonchev–Trinajstić information content (AvgIpc) is 2.00. The lowest BCUT2D eigenvalue weighted by Crippen LogP contribution is -3.00. The summed E-state index contributed by atoms with van der Waals surface area (Å²) in [5.74, 6) is -0.431. The van der Waals surface area contributed by atoms with Crippen LogP contribution in [-0.2, 0) is 9.53 Å². The molecular weight excluding hydrogens is 194 g/mol. The number of carbonyl (C=O) groups is 1. The van der Waals surface area contributed by atoms with Crippen LogP contribution in [0.4, 0.5) is 0 Å². The average molecular weight is 210 g/mol. The molecule has 0 radical (unpaired) electrons. The van der Waals surface area contributed by atoms with Crippen LogP contribution in [0.15, 0.2) is 12.7 Å². The van der Waals surface area contributed by atoms with Gasteiger partial charge in [0.05, 0.1) is 20.7 Å². The number of nitrogens with zero attached hydrogens (tertiary/aromatic N) is 1. The molecule has 13 heavy (non-hydrogen) atoms. The van der Waals surface area contributed by atoms with Crippen LogP contribution in [0.25, 0.3) is 0 Å². The van der Waals surface area contributed by atoms with E-state index < -0.39 is 5.97 Å². The van der Waals surface area contributed by atoms with E-state index in [1.165, 1.54) is 0 Å². The van der Waals surface area contributed by atoms with Crippen LogP contribution in [0.1, 0.15) is 0 Å². The van der Waals surface area contributed by atoms with Gasteiger partial charge in [-0.3, -0.25) is 4.48 Å². The van der Waals surface area contributed by atoms with Gasteiger partial charge in [-0.25, -0.2) is 4.79 Å². The summed E-state index contributed by atoms with van der Waals surface area (Å²) in [5.41, 5.74) is 0. The Morgan fingerprint density at radius 2 is 2.15 bits per heavy atom. The molecule has 0 aliphatic rings. The summed E-state index contributed by atoms with van der Waals surface area (Å²) in [6.45, 7) is 4.17. The van der Waals surface area contributed by atoms with Gasteiger partial charge in [0, 0.05) is 6.08 Å². The molecule has 5 heteroatoms. The maximum absolute atomic E-state index is 10.6. The molecule has 0 aromatic carbocycles. The zero-order valence-corrected chi connectivity index (χ0v) is 8.75. The first-order chi connectivity index (χ1) is 5.52. The molecule has 78 valence electrons. The molecule has 0 aliphatic heterocycles. The Bertz CT molecular complexity index is 171. The summed E-state index contributed by atoms with van der Waals surface area (Å²) in [4.78, 5) is 10.6. The minimum Gasteiger partial charge on any atom is -1.00 e. The number of carbonyl (C=O) groups excluding carboxylic acids is 1. The Balaban J connectivity index is 0. The van der Waals surface area contributed by atoms with Crippen molar-refractivity contribution in [2.75, 3.05) is 34.0 Å². The summed E-state index contributed by atoms with van der Waals surface area (Å²) in [7, 11) is 3.74. The highest BCUT2D eigenvalue weighted by atomic mass is 35.5. The number of hydrogen-bond acceptors (Lipinski definition) is 3. The first-order valence-corrected chi connectivity index (χ1v) is 3.74. The van der Waals surface area contributed by atoms with Crippen molar-refractivity contribution in [2.45, 2.75) is 0 Å². The number of hydrogen-bond donors (Lipinski definition) is 1. The largest absolute Gasteiger partial charge is 1.00 e. The third kappa shape index (κ3) is 7.77. The van der Waals surface area contributed by atoms with Crippen molar-refractivity contribution in [2.24, 2.45) is 0 Å². The Morgan fingerprint density at radius 1 is 1.62 bits per heavy atom. The Labute approximate surface area is 84.8 Å². The molecule has 0 unspecified atom stereocenters. The van der Waals surface area contributed by atoms with Crippen molar-refractivity contribution in [3.05, 3.63) is 12.7 Å². The molecule has 0 saturated carbocycles. The van der Waals surface area contributed by atoms with Crippen LogP contribution in [0.2, 0.25) is 0 Å². The molecule has 0 aliphatic carbocycles. The predicted molar refractivity (Wildman–Crippen MR) is 45.2 cm³/mol. The summed E-state index contributed by atoms with van der Waals surface area (Å²) in [6, 6.07) is 0. The van der Waals surface area contributed by atoms with E-state index in [4.69, 9.17) is 9.84 Å². The van der Waals surface area contributed by atoms with Crippen LogP contribution >= 0.6 is 0 Å². The number of halogens is 1. The van der Waals surface area contributed by atoms with E-state index in [-0.39, 0.29) is 25.7 Å². The summed E-state index contributed by atoms with van der Waals surface area (Å²) >= 11 is 0. The first-order valence-electron chi connectivity index (χ1n) is 3.74. The van der Waals surface area contributed by atoms with Crippen LogP contribution < -0.4 is 12.4 Å². The second-order valence-electron chi connectivity index (χ2n) is 3.18. The molecule has 0 heterocycles. The van der Waals surface area contributed by atoms with Gasteiger partial charge in [0.1, 0.15) is 6.54 Å². The van der Waals surface area contributed by atoms with Gasteiger partial charge in [-0.05, 0) is 0 Å². The van der Waals surface area contributed by atoms with E-state index in [0.717, 1.165) is 6.08 Å². The Morgan fingerprint density at radius 3 is 2.54 bits per heavy atom. The molecule has 0 spiro atoms. The number of aliphatic hydroxyl groups excluding tert-OH is 1. The third-order valence-corrected chi connectivity index (χ3v) is 1.43. The van der Waals surface area contributed by atoms with E-state index in [0.29, 0.717) is 11.0 Å². The van der Waals surface area contributed by atoms with E-state index in [9.17, 15) is 4.79 Å². The second-order valence-corrected chi connectivity index (χ2v) is 3.18. The van der Waals surface area contributed by atoms with Crippen molar-refractivity contribution in [1.82, 2.24) is 0 Å². The molecule has 0 aromatic heterocycles. The van der Waals surface area contributed by atoms with Gasteiger partial charge >= 0.3 is 5.97 Å². The van der Waals surface area contributed by atoms with Gasteiger partial charge < -0.3 is 22.3 Å². The normalized spacial score (nSPS) is 10.1. The van der Waals surface area contributed by atoms with E-state index >= 15 is 0 Å². The summed E-state index contributed by atoms with van der Waals surface area (Å²) < 4.78 is 5.27. The van der Waals surface area contributed by atoms with Crippen molar-refractivity contribution in [3.8, 4) is 0 Å². The quantitative estimate of drug-likeness (QED) is 0.224. The van der Waals surface area contributed by atoms with Gasteiger partial charge in [0.25, 0.3) is 0 Å². The molecule has 1 N–H and O–H groups in total. The van der Waals surface area contributed by atoms with Gasteiger partial charge in [0.15, 0.2) is 0 Å². The number of likely N-dealkylation sites (N-methyl/N-ethyl adjacent to an activating group) is 1. The van der Waals surface area contributed by atoms with Crippen LogP contribution in [-0.4, -0.2) is 49.5 Å². The number of esters is 1. The minimum absolute atomic E-state index is 0. The monoisotopic (exact) mass is 209 g/mol. The van der Waals surface area contributed by atoms with E-state index in [2.05, 4.69) is 6.58 Å². The molecule has 0 atom stereocenters. The molecule has 0 bridgehead atoms. The molecular formula is C8H16ClNO3. The SMILES string of the molecule is C=CC(=O)OC[N+](C)(C)CCO.[Cl-]. The van der Waals surface area contributed by atoms with E-state index in [1.807, 2.05) is 14.1 Å². The molecule has 0 saturated heterocycles. The van der Waals surface area contributed by atoms with Crippen molar-refractivity contribution in [3.63, 3.8) is 0 Å². The van der Waals surface area contributed by atoms with Crippen LogP contribution in [0, 0.1) is 0 Å². The summed E-state index contributed by atoms with van der Waals surface area (Å²) in [5, 5.41) is 8.65. The van der Waals surface area contributed by atoms with Gasteiger partial charge in [0.2, 0.25) is 6.73 Å². The zero-order valence-electron chi connectivity index (χ0n) is 7.99. The maximum atomic E-state index is 10.6. The lowest BCUT2D eigenvalue weighted by molar-refractivity contribution is -0.907. The highest BCUT2D eigenvalue weighted by molar-refractivity contribution is 5.81. The maximum Gasteiger partial charge on any atom is 0.334 e. The number of quaternary nitrogens is 1. The van der Waals surface area contributed by atoms with Gasteiger partial charge in [-0.1, -0.05) is 6.58 Å². The molecule has 0 amide bonds. The van der Waals surface area contributed by atoms with Crippen LogP contribution in [0.3, 0.4) is 0 Å². The van der Waals surface area contributed by atoms with Crippen molar-refractivity contribution in [1.29, 1.82) is 0 Å². The molecule has 0 aromatic rings. The Kier molecular flexibility index (Phi) is 7.90. The highest BCUT2D eigenvalue weighted by Gasteiger charge is 2.15. The number of aliphatic hydroxyl groups is 1. The summed E-state index contributed by atoms with van der Waals surface area (Å²) in [6.07, 6.45) is 1.12. The second kappa shape index (κ2) is 6.88. The topological polar surface area (TPSA) is 46.5 Å². The fourth-order valence-corrected chi connectivity index (χ4v) is 0.633. The first kappa shape index (κ1) is 14.9. The third-order valence-electron chi connectivity index (χ3n) is 1.43. The highest BCUT2D eigenvalue weighted by Crippen LogP contribution is 1.96. The van der Waals surface area contributed by atoms with Gasteiger partial charge in [-0.2, -0.15) is 0 Å². The lowest BCUT2D eigenvalue weighted by atomic mass is 10.5. The molecule has 0 rings (SSSR count). The number of ether oxygens (including phenoxy) is 1. The van der Waals surface area contributed by atoms with Crippen molar-refractivity contribution >= 4 is 5.97 Å². The zero-order chi connectivity index (χ0) is 9.61. The molecule has 4 nitrogen and oxygen atoms in total. The lowest BCUT2D eigenvalue weighted by Gasteiger charge is -2.27. The van der Waals surface area contributed by atoms with Gasteiger partial charge in [-0.15, -0.1) is 0 Å². The van der Waals surface area contributed by atoms with Crippen LogP contribution in [0.5, 0.6) is 0 Å². The van der Waals surface area contributed by atoms with E-state index in [1.54, 1.807) is 0 Å². The standard InChI is InChI=1S/C8H16NO3.ClH/c1-4-8(11)12-7-9(2,3)5-6-10;/h4,10H,1,5-7H2,2-3H3;1H/q+1;/p-1. The molecule has 0 fully saturated rings. The fourth-order valence-electron chi connectivity index (χ4n) is 0.633. The Hall–Kier alpha value is -0.580. The number of rotatable bonds is 5. The predicted octanol–water partition coefficient (Wildman–Crippen LogP) is -3.25. The van der Waals surface area contributed by atoms with Crippen molar-refractivity contribution < 1.29 is 31.5 Å². The minimum atomic E-state index is -0.431. The smallest absolute Gasteiger partial charge is 0.334 e. The fraction of sp³-hybridized carbons (Fsp3) is 0.625.